The zero-order valence-electron chi connectivity index (χ0n) is 10.4. The van der Waals surface area contributed by atoms with Crippen molar-refractivity contribution in [2.45, 2.75) is 32.4 Å². The highest BCUT2D eigenvalue weighted by Crippen LogP contribution is 2.25. The quantitative estimate of drug-likeness (QED) is 0.892. The van der Waals surface area contributed by atoms with Gasteiger partial charge in [-0.3, -0.25) is 0 Å². The molecule has 0 saturated heterocycles. The number of fused-ring (bicyclic) bond motifs is 1. The highest BCUT2D eigenvalue weighted by Gasteiger charge is 2.17. The zero-order chi connectivity index (χ0) is 13.1. The third-order valence-electron chi connectivity index (χ3n) is 2.93. The van der Waals surface area contributed by atoms with Gasteiger partial charge >= 0.3 is 0 Å². The first kappa shape index (κ1) is 13.5. The van der Waals surface area contributed by atoms with Gasteiger partial charge in [-0.25, -0.2) is 4.98 Å². The van der Waals surface area contributed by atoms with Gasteiger partial charge in [-0.05, 0) is 37.6 Å². The van der Waals surface area contributed by atoms with Crippen molar-refractivity contribution < 1.29 is 5.11 Å². The van der Waals surface area contributed by atoms with E-state index >= 15 is 0 Å². The minimum absolute atomic E-state index is 0.459. The second-order valence-corrected chi connectivity index (χ2v) is 5.26. The van der Waals surface area contributed by atoms with Gasteiger partial charge in [0.15, 0.2) is 0 Å². The number of aliphatic hydroxyl groups is 1. The largest absolute Gasteiger partial charge is 0.385 e. The molecule has 1 aromatic carbocycles. The van der Waals surface area contributed by atoms with Crippen LogP contribution in [0.4, 0.5) is 0 Å². The van der Waals surface area contributed by atoms with Crippen molar-refractivity contribution in [3.63, 3.8) is 0 Å². The summed E-state index contributed by atoms with van der Waals surface area (Å²) in [6.45, 7) is 3.43. The van der Waals surface area contributed by atoms with Gasteiger partial charge in [0.25, 0.3) is 0 Å². The van der Waals surface area contributed by atoms with Crippen molar-refractivity contribution in [1.82, 2.24) is 9.55 Å². The second kappa shape index (κ2) is 5.82. The molecule has 1 atom stereocenters. The molecule has 18 heavy (non-hydrogen) atoms. The van der Waals surface area contributed by atoms with Crippen molar-refractivity contribution in [3.05, 3.63) is 28.5 Å². The number of aryl methyl sites for hydroxylation is 1. The van der Waals surface area contributed by atoms with Crippen LogP contribution in [0.25, 0.3) is 11.0 Å². The molecular formula is C13H18BrN3O. The van der Waals surface area contributed by atoms with Crippen LogP contribution in [0.3, 0.4) is 0 Å². The Hall–Kier alpha value is -0.910. The van der Waals surface area contributed by atoms with Crippen LogP contribution in [0.1, 0.15) is 31.7 Å². The van der Waals surface area contributed by atoms with Crippen molar-refractivity contribution in [3.8, 4) is 0 Å². The van der Waals surface area contributed by atoms with Gasteiger partial charge < -0.3 is 15.4 Å². The van der Waals surface area contributed by atoms with Crippen molar-refractivity contribution in [1.29, 1.82) is 0 Å². The molecule has 2 rings (SSSR count). The molecule has 2 aromatic rings. The Labute approximate surface area is 115 Å². The Morgan fingerprint density at radius 1 is 1.50 bits per heavy atom. The number of halogens is 1. The van der Waals surface area contributed by atoms with E-state index in [2.05, 4.69) is 32.4 Å². The molecule has 0 radical (unpaired) electrons. The third kappa shape index (κ3) is 2.58. The van der Waals surface area contributed by atoms with Crippen molar-refractivity contribution in [2.75, 3.05) is 6.54 Å². The lowest BCUT2D eigenvalue weighted by Gasteiger charge is -2.12. The topological polar surface area (TPSA) is 64.1 Å². The van der Waals surface area contributed by atoms with E-state index in [1.165, 1.54) is 0 Å². The van der Waals surface area contributed by atoms with Crippen LogP contribution in [-0.2, 0) is 6.54 Å². The molecule has 0 bridgehead atoms. The number of aromatic nitrogens is 2. The van der Waals surface area contributed by atoms with E-state index in [1.54, 1.807) is 0 Å². The minimum Gasteiger partial charge on any atom is -0.385 e. The summed E-state index contributed by atoms with van der Waals surface area (Å²) in [6.07, 6.45) is 0.950. The number of hydrogen-bond acceptors (Lipinski definition) is 3. The van der Waals surface area contributed by atoms with E-state index in [4.69, 9.17) is 5.73 Å². The summed E-state index contributed by atoms with van der Waals surface area (Å²) in [4.78, 5) is 4.54. The Morgan fingerprint density at radius 3 is 2.94 bits per heavy atom. The Balaban J connectivity index is 2.53. The maximum atomic E-state index is 10.1. The average Bonchev–Trinajstić information content (AvgIpc) is 2.68. The number of hydrogen-bond donors (Lipinski definition) is 2. The maximum Gasteiger partial charge on any atom is 0.138 e. The summed E-state index contributed by atoms with van der Waals surface area (Å²) in [5, 5.41) is 10.1. The molecule has 3 N–H and O–H groups in total. The summed E-state index contributed by atoms with van der Waals surface area (Å²) in [7, 11) is 0. The van der Waals surface area contributed by atoms with E-state index in [0.29, 0.717) is 13.0 Å². The highest BCUT2D eigenvalue weighted by molar-refractivity contribution is 9.10. The second-order valence-electron chi connectivity index (χ2n) is 4.35. The predicted molar refractivity (Wildman–Crippen MR) is 76.4 cm³/mol. The van der Waals surface area contributed by atoms with E-state index in [1.807, 2.05) is 18.2 Å². The predicted octanol–water partition coefficient (Wildman–Crippen LogP) is 2.59. The van der Waals surface area contributed by atoms with Gasteiger partial charge in [-0.1, -0.05) is 22.9 Å². The van der Waals surface area contributed by atoms with Gasteiger partial charge in [-0.15, -0.1) is 0 Å². The van der Waals surface area contributed by atoms with Crippen LogP contribution in [0.15, 0.2) is 22.7 Å². The Kier molecular flexibility index (Phi) is 4.37. The number of nitrogens with two attached hydrogens (primary N) is 1. The number of benzene rings is 1. The van der Waals surface area contributed by atoms with Crippen LogP contribution >= 0.6 is 15.9 Å². The molecule has 0 fully saturated rings. The molecule has 98 valence electrons. The third-order valence-corrected chi connectivity index (χ3v) is 3.42. The number of aliphatic hydroxyl groups excluding tert-OH is 1. The molecule has 0 amide bonds. The number of imidazole rings is 1. The van der Waals surface area contributed by atoms with Crippen molar-refractivity contribution >= 4 is 27.0 Å². The molecule has 1 aromatic heterocycles. The highest BCUT2D eigenvalue weighted by atomic mass is 79.9. The van der Waals surface area contributed by atoms with E-state index in [-0.39, 0.29) is 0 Å². The molecule has 0 aliphatic carbocycles. The lowest BCUT2D eigenvalue weighted by Crippen LogP contribution is -2.12. The first-order chi connectivity index (χ1) is 8.67. The fraction of sp³-hybridized carbons (Fsp3) is 0.462. The van der Waals surface area contributed by atoms with E-state index in [9.17, 15) is 5.11 Å². The lowest BCUT2D eigenvalue weighted by molar-refractivity contribution is 0.156. The van der Waals surface area contributed by atoms with Crippen LogP contribution in [0, 0.1) is 0 Å². The molecule has 0 aliphatic heterocycles. The SMILES string of the molecule is CCCn1c(C(O)CCN)nc2cc(Br)ccc21. The Bertz CT molecular complexity index is 538. The van der Waals surface area contributed by atoms with Gasteiger partial charge in [0.1, 0.15) is 11.9 Å². The molecule has 4 nitrogen and oxygen atoms in total. The summed E-state index contributed by atoms with van der Waals surface area (Å²) in [6, 6.07) is 6.00. The molecule has 1 unspecified atom stereocenters. The van der Waals surface area contributed by atoms with Gasteiger partial charge in [-0.2, -0.15) is 0 Å². The Morgan fingerprint density at radius 2 is 2.28 bits per heavy atom. The average molecular weight is 312 g/mol. The molecule has 1 heterocycles. The van der Waals surface area contributed by atoms with Crippen LogP contribution in [-0.4, -0.2) is 21.2 Å². The normalized spacial score (nSPS) is 13.1. The summed E-state index contributed by atoms with van der Waals surface area (Å²) in [5.74, 6) is 0.718. The first-order valence-electron chi connectivity index (χ1n) is 6.21. The number of nitrogens with zero attached hydrogens (tertiary/aromatic N) is 2. The minimum atomic E-state index is -0.590. The molecule has 5 heteroatoms. The standard InChI is InChI=1S/C13H18BrN3O/c1-2-7-17-11-4-3-9(14)8-10(11)16-13(17)12(18)5-6-15/h3-4,8,12,18H,2,5-7,15H2,1H3. The zero-order valence-corrected chi connectivity index (χ0v) is 12.0. The fourth-order valence-corrected chi connectivity index (χ4v) is 2.47. The van der Waals surface area contributed by atoms with Crippen LogP contribution in [0.2, 0.25) is 0 Å². The molecule has 0 aliphatic rings. The lowest BCUT2D eigenvalue weighted by atomic mass is 10.2. The summed E-state index contributed by atoms with van der Waals surface area (Å²) in [5.41, 5.74) is 7.47. The van der Waals surface area contributed by atoms with Crippen LogP contribution < -0.4 is 5.73 Å². The summed E-state index contributed by atoms with van der Waals surface area (Å²) < 4.78 is 3.08. The maximum absolute atomic E-state index is 10.1. The molecular weight excluding hydrogens is 294 g/mol. The molecule has 0 saturated carbocycles. The monoisotopic (exact) mass is 311 g/mol. The molecule has 0 spiro atoms. The van der Waals surface area contributed by atoms with Gasteiger partial charge in [0.05, 0.1) is 11.0 Å². The van der Waals surface area contributed by atoms with Crippen LogP contribution in [0.5, 0.6) is 0 Å². The number of rotatable bonds is 5. The smallest absolute Gasteiger partial charge is 0.138 e. The summed E-state index contributed by atoms with van der Waals surface area (Å²) >= 11 is 3.44. The fourth-order valence-electron chi connectivity index (χ4n) is 2.12. The van der Waals surface area contributed by atoms with Crippen molar-refractivity contribution in [2.24, 2.45) is 5.73 Å². The van der Waals surface area contributed by atoms with E-state index < -0.39 is 6.10 Å². The first-order valence-corrected chi connectivity index (χ1v) is 7.00. The van der Waals surface area contributed by atoms with Gasteiger partial charge in [0.2, 0.25) is 0 Å². The van der Waals surface area contributed by atoms with E-state index in [0.717, 1.165) is 34.3 Å². The van der Waals surface area contributed by atoms with Gasteiger partial charge in [0, 0.05) is 11.0 Å².